The third kappa shape index (κ3) is 4.11. The Kier molecular flexibility index (Phi) is 6.32. The summed E-state index contributed by atoms with van der Waals surface area (Å²) in [6.45, 7) is 9.16. The van der Waals surface area contributed by atoms with Gasteiger partial charge in [0.1, 0.15) is 6.33 Å². The fourth-order valence-corrected chi connectivity index (χ4v) is 4.98. The van der Waals surface area contributed by atoms with Gasteiger partial charge in [-0.3, -0.25) is 0 Å². The Morgan fingerprint density at radius 2 is 2.17 bits per heavy atom. The second-order valence-electron chi connectivity index (χ2n) is 8.60. The lowest BCUT2D eigenvalue weighted by Gasteiger charge is -2.41. The number of hydrogen-bond acceptors (Lipinski definition) is 7. The van der Waals surface area contributed by atoms with Crippen molar-refractivity contribution in [3.05, 3.63) is 12.7 Å². The maximum Gasteiger partial charge on any atom is 0.165 e. The topological polar surface area (TPSA) is 79.5 Å². The molecule has 0 bridgehead atoms. The van der Waals surface area contributed by atoms with Crippen LogP contribution in [0.4, 0.5) is 5.82 Å². The number of likely N-dealkylation sites (tertiary alicyclic amines) is 1. The van der Waals surface area contributed by atoms with E-state index in [-0.39, 0.29) is 12.5 Å². The zero-order chi connectivity index (χ0) is 20.4. The zero-order valence-electron chi connectivity index (χ0n) is 17.9. The molecule has 4 heterocycles. The number of imidazole rings is 1. The van der Waals surface area contributed by atoms with Gasteiger partial charge in [0.2, 0.25) is 0 Å². The number of rotatable bonds is 7. The molecule has 0 radical (unpaired) electrons. The average molecular weight is 403 g/mol. The zero-order valence-corrected chi connectivity index (χ0v) is 17.9. The van der Waals surface area contributed by atoms with Crippen LogP contribution in [-0.4, -0.2) is 81.6 Å². The van der Waals surface area contributed by atoms with Crippen LogP contribution in [0.5, 0.6) is 0 Å². The molecule has 2 aromatic rings. The minimum absolute atomic E-state index is 0.152. The summed E-state index contributed by atoms with van der Waals surface area (Å²) in [4.78, 5) is 18.6. The fourth-order valence-electron chi connectivity index (χ4n) is 4.98. The fraction of sp³-hybridized carbons (Fsp3) is 0.762. The van der Waals surface area contributed by atoms with E-state index in [1.807, 2.05) is 6.33 Å². The minimum Gasteiger partial charge on any atom is -0.396 e. The van der Waals surface area contributed by atoms with Crippen molar-refractivity contribution in [1.29, 1.82) is 0 Å². The first-order chi connectivity index (χ1) is 14.1. The average Bonchev–Trinajstić information content (AvgIpc) is 3.41. The number of anilines is 1. The summed E-state index contributed by atoms with van der Waals surface area (Å²) in [7, 11) is 2.13. The number of ether oxygens (including phenoxy) is 1. The second-order valence-corrected chi connectivity index (χ2v) is 8.60. The van der Waals surface area contributed by atoms with E-state index in [1.54, 1.807) is 6.33 Å². The monoisotopic (exact) mass is 402 g/mol. The molecular weight excluding hydrogens is 368 g/mol. The summed E-state index contributed by atoms with van der Waals surface area (Å²) in [5, 5.41) is 9.90. The smallest absolute Gasteiger partial charge is 0.165 e. The van der Waals surface area contributed by atoms with Crippen LogP contribution >= 0.6 is 0 Å². The number of aliphatic hydroxyl groups excluding tert-OH is 1. The molecule has 2 saturated heterocycles. The lowest BCUT2D eigenvalue weighted by atomic mass is 9.92. The molecule has 0 amide bonds. The van der Waals surface area contributed by atoms with Crippen molar-refractivity contribution >= 4 is 17.0 Å². The predicted molar refractivity (Wildman–Crippen MR) is 113 cm³/mol. The molecule has 2 fully saturated rings. The van der Waals surface area contributed by atoms with Crippen molar-refractivity contribution in [2.24, 2.45) is 11.8 Å². The Hall–Kier alpha value is -1.77. The molecule has 4 unspecified atom stereocenters. The largest absolute Gasteiger partial charge is 0.396 e. The quantitative estimate of drug-likeness (QED) is 0.756. The van der Waals surface area contributed by atoms with Crippen molar-refractivity contribution < 1.29 is 9.84 Å². The third-order valence-corrected chi connectivity index (χ3v) is 6.95. The van der Waals surface area contributed by atoms with Crippen LogP contribution in [-0.2, 0) is 11.3 Å². The number of aromatic nitrogens is 4. The van der Waals surface area contributed by atoms with Crippen LogP contribution in [0.1, 0.15) is 33.1 Å². The van der Waals surface area contributed by atoms with Gasteiger partial charge in [0.05, 0.1) is 6.33 Å². The Bertz CT molecular complexity index is 806. The molecule has 0 saturated carbocycles. The Morgan fingerprint density at radius 1 is 1.31 bits per heavy atom. The van der Waals surface area contributed by atoms with Crippen LogP contribution < -0.4 is 4.90 Å². The van der Waals surface area contributed by atoms with Gasteiger partial charge in [-0.25, -0.2) is 15.0 Å². The number of aliphatic hydroxyl groups is 1. The van der Waals surface area contributed by atoms with Gasteiger partial charge in [-0.15, -0.1) is 0 Å². The summed E-state index contributed by atoms with van der Waals surface area (Å²) in [6, 6.07) is 1.03. The van der Waals surface area contributed by atoms with Crippen molar-refractivity contribution in [2.45, 2.75) is 51.7 Å². The van der Waals surface area contributed by atoms with Crippen LogP contribution in [0, 0.1) is 11.8 Å². The van der Waals surface area contributed by atoms with Gasteiger partial charge in [-0.05, 0) is 38.6 Å². The highest BCUT2D eigenvalue weighted by Crippen LogP contribution is 2.29. The number of piperidine rings is 1. The normalized spacial score (nSPS) is 26.8. The molecule has 2 aliphatic rings. The Balaban J connectivity index is 1.54. The van der Waals surface area contributed by atoms with Crippen molar-refractivity contribution in [2.75, 3.05) is 44.9 Å². The summed E-state index contributed by atoms with van der Waals surface area (Å²) in [6.07, 6.45) is 6.76. The van der Waals surface area contributed by atoms with Crippen molar-refractivity contribution in [3.63, 3.8) is 0 Å². The maximum atomic E-state index is 9.90. The van der Waals surface area contributed by atoms with Gasteiger partial charge in [0.25, 0.3) is 0 Å². The van der Waals surface area contributed by atoms with E-state index in [1.165, 1.54) is 0 Å². The molecule has 160 valence electrons. The highest BCUT2D eigenvalue weighted by Gasteiger charge is 2.30. The predicted octanol–water partition coefficient (Wildman–Crippen LogP) is 1.78. The molecule has 8 heteroatoms. The van der Waals surface area contributed by atoms with E-state index >= 15 is 0 Å². The molecule has 0 aromatic carbocycles. The first-order valence-electron chi connectivity index (χ1n) is 10.9. The first kappa shape index (κ1) is 20.5. The van der Waals surface area contributed by atoms with Crippen molar-refractivity contribution in [1.82, 2.24) is 24.4 Å². The molecule has 1 N–H and O–H groups in total. The Morgan fingerprint density at radius 3 is 2.86 bits per heavy atom. The molecule has 29 heavy (non-hydrogen) atoms. The summed E-state index contributed by atoms with van der Waals surface area (Å²) in [5.41, 5.74) is 1.69. The first-order valence-corrected chi connectivity index (χ1v) is 10.9. The number of fused-ring (bicyclic) bond motifs is 1. The van der Waals surface area contributed by atoms with E-state index < -0.39 is 0 Å². The van der Waals surface area contributed by atoms with Crippen LogP contribution in [0.2, 0.25) is 0 Å². The van der Waals surface area contributed by atoms with E-state index in [9.17, 15) is 5.11 Å². The maximum absolute atomic E-state index is 9.90. The molecule has 4 rings (SSSR count). The lowest BCUT2D eigenvalue weighted by Crippen LogP contribution is -2.48. The van der Waals surface area contributed by atoms with Gasteiger partial charge in [0.15, 0.2) is 17.0 Å². The molecule has 8 nitrogen and oxygen atoms in total. The molecular formula is C21H34N6O2. The van der Waals surface area contributed by atoms with E-state index in [0.717, 1.165) is 62.5 Å². The molecule has 4 atom stereocenters. The number of hydrogen-bond donors (Lipinski definition) is 1. The van der Waals surface area contributed by atoms with Gasteiger partial charge in [-0.1, -0.05) is 6.92 Å². The molecule has 2 aliphatic heterocycles. The molecule has 0 aliphatic carbocycles. The molecule has 0 spiro atoms. The van der Waals surface area contributed by atoms with Crippen molar-refractivity contribution in [3.8, 4) is 0 Å². The summed E-state index contributed by atoms with van der Waals surface area (Å²) >= 11 is 0. The summed E-state index contributed by atoms with van der Waals surface area (Å²) < 4.78 is 7.58. The molecule has 2 aromatic heterocycles. The van der Waals surface area contributed by atoms with Gasteiger partial charge in [0, 0.05) is 58.0 Å². The van der Waals surface area contributed by atoms with Gasteiger partial charge >= 0.3 is 0 Å². The van der Waals surface area contributed by atoms with E-state index in [2.05, 4.69) is 50.2 Å². The standard InChI is InChI=1S/C21H34N6O2/c1-4-26-7-5-18(9-15(26)2)25(3)20-19-21(23-13-22-20)27(14-24-19)10-17(11-28)16-6-8-29-12-16/h13-18,28H,4-12H2,1-3H3. The van der Waals surface area contributed by atoms with E-state index in [4.69, 9.17) is 4.74 Å². The number of nitrogens with zero attached hydrogens (tertiary/aromatic N) is 6. The highest BCUT2D eigenvalue weighted by molar-refractivity contribution is 5.83. The summed E-state index contributed by atoms with van der Waals surface area (Å²) in [5.74, 6) is 1.46. The van der Waals surface area contributed by atoms with Crippen LogP contribution in [0.25, 0.3) is 11.2 Å². The van der Waals surface area contributed by atoms with Crippen LogP contribution in [0.15, 0.2) is 12.7 Å². The van der Waals surface area contributed by atoms with Gasteiger partial charge < -0.3 is 24.2 Å². The highest BCUT2D eigenvalue weighted by atomic mass is 16.5. The SMILES string of the molecule is CCN1CCC(N(C)c2ncnc3c2ncn3CC(CO)C2CCOC2)CC1C. The minimum atomic E-state index is 0.152. The second kappa shape index (κ2) is 8.93. The van der Waals surface area contributed by atoms with Crippen LogP contribution in [0.3, 0.4) is 0 Å². The Labute approximate surface area is 172 Å². The van der Waals surface area contributed by atoms with Gasteiger partial charge in [-0.2, -0.15) is 0 Å². The third-order valence-electron chi connectivity index (χ3n) is 6.95. The van der Waals surface area contributed by atoms with E-state index in [0.29, 0.717) is 24.5 Å². The lowest BCUT2D eigenvalue weighted by molar-refractivity contribution is 0.130.